The molecule has 0 aliphatic rings. The Kier molecular flexibility index (Phi) is 4.77. The number of nitrogens with two attached hydrogens (primary N) is 1. The second-order valence-electron chi connectivity index (χ2n) is 4.57. The van der Waals surface area contributed by atoms with Crippen molar-refractivity contribution in [2.24, 2.45) is 5.73 Å². The van der Waals surface area contributed by atoms with Crippen LogP contribution in [0, 0.1) is 0 Å². The molecule has 0 aliphatic carbocycles. The predicted octanol–water partition coefficient (Wildman–Crippen LogP) is 1.70. The molecule has 2 N–H and O–H groups in total. The van der Waals surface area contributed by atoms with Gasteiger partial charge >= 0.3 is 0 Å². The van der Waals surface area contributed by atoms with E-state index in [9.17, 15) is 0 Å². The van der Waals surface area contributed by atoms with Crippen molar-refractivity contribution in [1.82, 2.24) is 4.90 Å². The average Bonchev–Trinajstić information content (AvgIpc) is 2.25. The van der Waals surface area contributed by atoms with Crippen molar-refractivity contribution in [3.8, 4) is 0 Å². The summed E-state index contributed by atoms with van der Waals surface area (Å²) in [6, 6.07) is 8.42. The maximum absolute atomic E-state index is 5.97. The summed E-state index contributed by atoms with van der Waals surface area (Å²) in [5, 5.41) is 0. The fraction of sp³-hybridized carbons (Fsp3) is 0.538. The second-order valence-corrected chi connectivity index (χ2v) is 4.57. The summed E-state index contributed by atoms with van der Waals surface area (Å²) in [5.41, 5.74) is 8.42. The standard InChI is InChI=1S/C13H23N3/c1-11(14)12-7-5-6-8-13(12)16(4)10-9-15(2)3/h5-8,11H,9-10,14H2,1-4H3/t11-/m1/s1. The van der Waals surface area contributed by atoms with Crippen LogP contribution in [0.4, 0.5) is 5.69 Å². The van der Waals surface area contributed by atoms with E-state index in [4.69, 9.17) is 5.73 Å². The van der Waals surface area contributed by atoms with Crippen molar-refractivity contribution in [3.05, 3.63) is 29.8 Å². The highest BCUT2D eigenvalue weighted by Crippen LogP contribution is 2.23. The molecule has 90 valence electrons. The number of benzene rings is 1. The van der Waals surface area contributed by atoms with Crippen LogP contribution >= 0.6 is 0 Å². The molecule has 0 unspecified atom stereocenters. The van der Waals surface area contributed by atoms with Crippen LogP contribution in [0.5, 0.6) is 0 Å². The van der Waals surface area contributed by atoms with Gasteiger partial charge in [-0.3, -0.25) is 0 Å². The number of hydrogen-bond acceptors (Lipinski definition) is 3. The lowest BCUT2D eigenvalue weighted by atomic mass is 10.1. The van der Waals surface area contributed by atoms with Gasteiger partial charge in [0.1, 0.15) is 0 Å². The van der Waals surface area contributed by atoms with E-state index in [2.05, 4.69) is 49.1 Å². The zero-order chi connectivity index (χ0) is 12.1. The van der Waals surface area contributed by atoms with Crippen LogP contribution in [0.15, 0.2) is 24.3 Å². The third-order valence-electron chi connectivity index (χ3n) is 2.72. The molecule has 16 heavy (non-hydrogen) atoms. The molecule has 1 aromatic carbocycles. The van der Waals surface area contributed by atoms with Crippen LogP contribution in [0.3, 0.4) is 0 Å². The highest BCUT2D eigenvalue weighted by molar-refractivity contribution is 5.54. The molecular weight excluding hydrogens is 198 g/mol. The van der Waals surface area contributed by atoms with E-state index in [-0.39, 0.29) is 6.04 Å². The molecule has 0 aliphatic heterocycles. The summed E-state index contributed by atoms with van der Waals surface area (Å²) in [6.07, 6.45) is 0. The van der Waals surface area contributed by atoms with Crippen molar-refractivity contribution in [2.45, 2.75) is 13.0 Å². The van der Waals surface area contributed by atoms with Crippen LogP contribution in [-0.4, -0.2) is 39.1 Å². The van der Waals surface area contributed by atoms with Gasteiger partial charge in [0.2, 0.25) is 0 Å². The highest BCUT2D eigenvalue weighted by Gasteiger charge is 2.09. The first kappa shape index (κ1) is 13.0. The molecule has 1 aromatic rings. The quantitative estimate of drug-likeness (QED) is 0.821. The number of nitrogens with zero attached hydrogens (tertiary/aromatic N) is 2. The number of hydrogen-bond donors (Lipinski definition) is 1. The first-order chi connectivity index (χ1) is 7.52. The minimum absolute atomic E-state index is 0.0815. The van der Waals surface area contributed by atoms with Crippen molar-refractivity contribution >= 4 is 5.69 Å². The molecule has 0 saturated carbocycles. The molecule has 1 atom stereocenters. The first-order valence-electron chi connectivity index (χ1n) is 5.72. The minimum atomic E-state index is 0.0815. The van der Waals surface area contributed by atoms with Gasteiger partial charge in [0.15, 0.2) is 0 Å². The first-order valence-corrected chi connectivity index (χ1v) is 5.72. The second kappa shape index (κ2) is 5.87. The molecule has 0 radical (unpaired) electrons. The van der Waals surface area contributed by atoms with Gasteiger partial charge in [0.25, 0.3) is 0 Å². The molecule has 0 amide bonds. The third-order valence-corrected chi connectivity index (χ3v) is 2.72. The van der Waals surface area contributed by atoms with Gasteiger partial charge in [-0.05, 0) is 32.6 Å². The van der Waals surface area contributed by atoms with Crippen LogP contribution < -0.4 is 10.6 Å². The summed E-state index contributed by atoms with van der Waals surface area (Å²) in [5.74, 6) is 0. The summed E-state index contributed by atoms with van der Waals surface area (Å²) >= 11 is 0. The fourth-order valence-electron chi connectivity index (χ4n) is 1.69. The van der Waals surface area contributed by atoms with Crippen LogP contribution in [-0.2, 0) is 0 Å². The molecule has 0 spiro atoms. The van der Waals surface area contributed by atoms with E-state index in [0.717, 1.165) is 13.1 Å². The van der Waals surface area contributed by atoms with Gasteiger partial charge in [0, 0.05) is 31.9 Å². The van der Waals surface area contributed by atoms with Crippen molar-refractivity contribution in [1.29, 1.82) is 0 Å². The van der Waals surface area contributed by atoms with Gasteiger partial charge < -0.3 is 15.5 Å². The summed E-state index contributed by atoms with van der Waals surface area (Å²) in [6.45, 7) is 4.08. The van der Waals surface area contributed by atoms with Crippen LogP contribution in [0.25, 0.3) is 0 Å². The molecule has 0 aromatic heterocycles. The van der Waals surface area contributed by atoms with E-state index in [1.54, 1.807) is 0 Å². The van der Waals surface area contributed by atoms with Crippen LogP contribution in [0.2, 0.25) is 0 Å². The molecule has 1 rings (SSSR count). The van der Waals surface area contributed by atoms with E-state index in [1.807, 2.05) is 13.0 Å². The third kappa shape index (κ3) is 3.51. The molecule has 3 heteroatoms. The van der Waals surface area contributed by atoms with Gasteiger partial charge in [-0.2, -0.15) is 0 Å². The molecule has 0 saturated heterocycles. The number of likely N-dealkylation sites (N-methyl/N-ethyl adjacent to an activating group) is 2. The zero-order valence-electron chi connectivity index (χ0n) is 10.8. The average molecular weight is 221 g/mol. The number of rotatable bonds is 5. The SMILES string of the molecule is C[C@@H](N)c1ccccc1N(C)CCN(C)C. The van der Waals surface area contributed by atoms with E-state index < -0.39 is 0 Å². The fourth-order valence-corrected chi connectivity index (χ4v) is 1.69. The summed E-state index contributed by atoms with van der Waals surface area (Å²) in [4.78, 5) is 4.45. The normalized spacial score (nSPS) is 12.9. The van der Waals surface area contributed by atoms with Gasteiger partial charge in [-0.15, -0.1) is 0 Å². The Morgan fingerprint density at radius 2 is 1.75 bits per heavy atom. The monoisotopic (exact) mass is 221 g/mol. The maximum atomic E-state index is 5.97. The Bertz CT molecular complexity index is 321. The van der Waals surface area contributed by atoms with Crippen molar-refractivity contribution in [3.63, 3.8) is 0 Å². The Labute approximate surface area is 98.8 Å². The molecule has 0 heterocycles. The van der Waals surface area contributed by atoms with E-state index >= 15 is 0 Å². The van der Waals surface area contributed by atoms with Crippen molar-refractivity contribution in [2.75, 3.05) is 39.1 Å². The molecular formula is C13H23N3. The van der Waals surface area contributed by atoms with Gasteiger partial charge in [-0.25, -0.2) is 0 Å². The topological polar surface area (TPSA) is 32.5 Å². The number of para-hydroxylation sites is 1. The summed E-state index contributed by atoms with van der Waals surface area (Å²) < 4.78 is 0. The minimum Gasteiger partial charge on any atom is -0.373 e. The zero-order valence-corrected chi connectivity index (χ0v) is 10.8. The van der Waals surface area contributed by atoms with Crippen LogP contribution in [0.1, 0.15) is 18.5 Å². The number of anilines is 1. The van der Waals surface area contributed by atoms with Crippen molar-refractivity contribution < 1.29 is 0 Å². The summed E-state index contributed by atoms with van der Waals surface area (Å²) in [7, 11) is 6.29. The lowest BCUT2D eigenvalue weighted by Gasteiger charge is -2.25. The lowest BCUT2D eigenvalue weighted by Crippen LogP contribution is -2.29. The predicted molar refractivity (Wildman–Crippen MR) is 70.9 cm³/mol. The Morgan fingerprint density at radius 1 is 1.12 bits per heavy atom. The Hall–Kier alpha value is -1.06. The molecule has 0 bridgehead atoms. The van der Waals surface area contributed by atoms with E-state index in [1.165, 1.54) is 11.3 Å². The lowest BCUT2D eigenvalue weighted by molar-refractivity contribution is 0.416. The Morgan fingerprint density at radius 3 is 2.31 bits per heavy atom. The van der Waals surface area contributed by atoms with E-state index in [0.29, 0.717) is 0 Å². The smallest absolute Gasteiger partial charge is 0.0412 e. The van der Waals surface area contributed by atoms with Gasteiger partial charge in [-0.1, -0.05) is 18.2 Å². The highest BCUT2D eigenvalue weighted by atomic mass is 15.2. The molecule has 3 nitrogen and oxygen atoms in total. The Balaban J connectivity index is 2.77. The molecule has 0 fully saturated rings. The van der Waals surface area contributed by atoms with Gasteiger partial charge in [0.05, 0.1) is 0 Å². The maximum Gasteiger partial charge on any atom is 0.0412 e. The largest absolute Gasteiger partial charge is 0.373 e.